The van der Waals surface area contributed by atoms with E-state index in [-0.39, 0.29) is 11.8 Å². The van der Waals surface area contributed by atoms with Gasteiger partial charge in [0.15, 0.2) is 0 Å². The lowest BCUT2D eigenvalue weighted by Crippen LogP contribution is -2.50. The fourth-order valence-corrected chi connectivity index (χ4v) is 6.14. The highest BCUT2D eigenvalue weighted by molar-refractivity contribution is 7.89. The van der Waals surface area contributed by atoms with E-state index in [0.717, 1.165) is 29.8 Å². The Morgan fingerprint density at radius 1 is 1.09 bits per heavy atom. The first kappa shape index (κ1) is 25.5. The molecule has 8 nitrogen and oxygen atoms in total. The molecule has 35 heavy (non-hydrogen) atoms. The summed E-state index contributed by atoms with van der Waals surface area (Å²) in [4.78, 5) is 14.8. The number of nitrogens with one attached hydrogen (secondary N) is 2. The molecule has 0 aromatic heterocycles. The summed E-state index contributed by atoms with van der Waals surface area (Å²) in [6.07, 6.45) is 1.23. The molecular formula is C26H35N5O3S. The maximum Gasteiger partial charge on any atom is 0.243 e. The van der Waals surface area contributed by atoms with Crippen LogP contribution in [0.1, 0.15) is 38.2 Å². The summed E-state index contributed by atoms with van der Waals surface area (Å²) in [6.45, 7) is 6.07. The summed E-state index contributed by atoms with van der Waals surface area (Å²) in [5, 5.41) is 11.3. The van der Waals surface area contributed by atoms with Gasteiger partial charge in [-0.2, -0.15) is 4.31 Å². The standard InChI is InChI=1S/C26H35N5O3S/c1-4-24(28)25(32)29-26(18(2)27)17-23(26)21-7-5-19(6-8-21)20-9-11-22(12-10-20)35(33,34)31-15-13-30(3)14-16-31/h5-12,23-24,27H,4,13-17,28H2,1-3H3,(H,29,32)/t23-,24+,26+/m1/s1. The lowest BCUT2D eigenvalue weighted by molar-refractivity contribution is -0.122. The fourth-order valence-electron chi connectivity index (χ4n) is 4.71. The summed E-state index contributed by atoms with van der Waals surface area (Å²) < 4.78 is 27.5. The Hall–Kier alpha value is -2.59. The van der Waals surface area contributed by atoms with Crippen molar-refractivity contribution in [3.05, 3.63) is 54.1 Å². The molecule has 4 N–H and O–H groups in total. The maximum absolute atomic E-state index is 13.0. The van der Waals surface area contributed by atoms with Crippen LogP contribution in [0.4, 0.5) is 0 Å². The first-order valence-corrected chi connectivity index (χ1v) is 13.5. The minimum Gasteiger partial charge on any atom is -0.343 e. The van der Waals surface area contributed by atoms with Gasteiger partial charge in [0.25, 0.3) is 0 Å². The average Bonchev–Trinajstić information content (AvgIpc) is 3.59. The van der Waals surface area contributed by atoms with Gasteiger partial charge in [0.1, 0.15) is 0 Å². The zero-order chi connectivity index (χ0) is 25.4. The molecule has 9 heteroatoms. The van der Waals surface area contributed by atoms with Crippen molar-refractivity contribution in [1.82, 2.24) is 14.5 Å². The number of nitrogens with zero attached hydrogens (tertiary/aromatic N) is 2. The number of nitrogens with two attached hydrogens (primary N) is 1. The number of piperazine rings is 1. The first-order valence-electron chi connectivity index (χ1n) is 12.1. The molecule has 4 rings (SSSR count). The topological polar surface area (TPSA) is 120 Å². The normalized spacial score (nSPS) is 24.1. The molecule has 1 aliphatic carbocycles. The van der Waals surface area contributed by atoms with Crippen LogP contribution in [0.2, 0.25) is 0 Å². The Labute approximate surface area is 208 Å². The third-order valence-electron chi connectivity index (χ3n) is 7.35. The first-order chi connectivity index (χ1) is 16.6. The zero-order valence-electron chi connectivity index (χ0n) is 20.6. The highest BCUT2D eigenvalue weighted by atomic mass is 32.2. The molecule has 1 amide bonds. The second-order valence-electron chi connectivity index (χ2n) is 9.71. The number of likely N-dealkylation sites (N-methyl/N-ethyl adjacent to an activating group) is 1. The van der Waals surface area contributed by atoms with Crippen LogP contribution in [0.25, 0.3) is 11.1 Å². The lowest BCUT2D eigenvalue weighted by atomic mass is 9.98. The number of carbonyl (C=O) groups excluding carboxylic acids is 1. The van der Waals surface area contributed by atoms with Crippen LogP contribution < -0.4 is 11.1 Å². The summed E-state index contributed by atoms with van der Waals surface area (Å²) in [5.41, 5.74) is 8.62. The molecule has 1 saturated carbocycles. The number of hydrogen-bond donors (Lipinski definition) is 3. The molecule has 1 heterocycles. The van der Waals surface area contributed by atoms with E-state index in [1.54, 1.807) is 23.4 Å². The van der Waals surface area contributed by atoms with Gasteiger partial charge in [-0.1, -0.05) is 43.3 Å². The predicted octanol–water partition coefficient (Wildman–Crippen LogP) is 2.41. The number of rotatable bonds is 8. The Bertz CT molecular complexity index is 1190. The number of carbonyl (C=O) groups is 1. The number of amides is 1. The van der Waals surface area contributed by atoms with E-state index >= 15 is 0 Å². The van der Waals surface area contributed by atoms with E-state index in [1.165, 1.54) is 0 Å². The molecule has 3 atom stereocenters. The van der Waals surface area contributed by atoms with Crippen molar-refractivity contribution < 1.29 is 13.2 Å². The molecule has 2 aromatic carbocycles. The number of sulfonamides is 1. The monoisotopic (exact) mass is 497 g/mol. The van der Waals surface area contributed by atoms with Crippen molar-refractivity contribution in [3.63, 3.8) is 0 Å². The van der Waals surface area contributed by atoms with Gasteiger partial charge in [0.2, 0.25) is 15.9 Å². The molecule has 1 aliphatic heterocycles. The third kappa shape index (κ3) is 5.04. The van der Waals surface area contributed by atoms with Crippen molar-refractivity contribution in [2.24, 2.45) is 5.73 Å². The van der Waals surface area contributed by atoms with Gasteiger partial charge in [-0.25, -0.2) is 8.42 Å². The molecule has 0 radical (unpaired) electrons. The molecule has 0 unspecified atom stereocenters. The molecule has 2 fully saturated rings. The van der Waals surface area contributed by atoms with Crippen molar-refractivity contribution >= 4 is 21.6 Å². The van der Waals surface area contributed by atoms with Gasteiger partial charge in [-0.3, -0.25) is 4.79 Å². The Kier molecular flexibility index (Phi) is 7.15. The minimum absolute atomic E-state index is 0.0400. The van der Waals surface area contributed by atoms with Gasteiger partial charge in [-0.05, 0) is 55.6 Å². The molecular weight excluding hydrogens is 462 g/mol. The van der Waals surface area contributed by atoms with E-state index < -0.39 is 21.6 Å². The minimum atomic E-state index is -3.49. The highest BCUT2D eigenvalue weighted by Gasteiger charge is 2.57. The molecule has 0 spiro atoms. The van der Waals surface area contributed by atoms with E-state index in [2.05, 4.69) is 10.2 Å². The van der Waals surface area contributed by atoms with Crippen molar-refractivity contribution in [2.45, 2.75) is 49.1 Å². The summed E-state index contributed by atoms with van der Waals surface area (Å²) in [7, 11) is -1.49. The number of hydrogen-bond acceptors (Lipinski definition) is 6. The second kappa shape index (κ2) is 9.81. The molecule has 1 saturated heterocycles. The van der Waals surface area contributed by atoms with E-state index in [1.807, 2.05) is 50.4 Å². The molecule has 188 valence electrons. The summed E-state index contributed by atoms with van der Waals surface area (Å²) >= 11 is 0. The van der Waals surface area contributed by atoms with Gasteiger partial charge < -0.3 is 21.4 Å². The summed E-state index contributed by atoms with van der Waals surface area (Å²) in [5.74, 6) is -0.178. The largest absolute Gasteiger partial charge is 0.343 e. The van der Waals surface area contributed by atoms with Crippen LogP contribution in [-0.4, -0.2) is 74.0 Å². The van der Waals surface area contributed by atoms with Crippen molar-refractivity contribution in [2.75, 3.05) is 33.2 Å². The van der Waals surface area contributed by atoms with Crippen LogP contribution in [-0.2, 0) is 14.8 Å². The van der Waals surface area contributed by atoms with Crippen LogP contribution in [0.5, 0.6) is 0 Å². The quantitative estimate of drug-likeness (QED) is 0.484. The Balaban J connectivity index is 1.47. The SMILES string of the molecule is CC[C@H](N)C(=O)N[C@]1(C(C)=N)C[C@@H]1c1ccc(-c2ccc(S(=O)(=O)N3CCN(C)CC3)cc2)cc1. The fraction of sp³-hybridized carbons (Fsp3) is 0.462. The summed E-state index contributed by atoms with van der Waals surface area (Å²) in [6, 6.07) is 14.5. The third-order valence-corrected chi connectivity index (χ3v) is 9.27. The molecule has 2 aromatic rings. The van der Waals surface area contributed by atoms with Gasteiger partial charge >= 0.3 is 0 Å². The molecule has 0 bridgehead atoms. The highest BCUT2D eigenvalue weighted by Crippen LogP contribution is 2.52. The van der Waals surface area contributed by atoms with Gasteiger partial charge in [0.05, 0.1) is 16.5 Å². The zero-order valence-corrected chi connectivity index (χ0v) is 21.4. The van der Waals surface area contributed by atoms with Crippen LogP contribution in [0, 0.1) is 5.41 Å². The van der Waals surface area contributed by atoms with Crippen molar-refractivity contribution in [1.29, 1.82) is 5.41 Å². The maximum atomic E-state index is 13.0. The Morgan fingerprint density at radius 2 is 1.63 bits per heavy atom. The smallest absolute Gasteiger partial charge is 0.243 e. The van der Waals surface area contributed by atoms with Crippen LogP contribution in [0.15, 0.2) is 53.4 Å². The average molecular weight is 498 g/mol. The predicted molar refractivity (Wildman–Crippen MR) is 138 cm³/mol. The number of benzene rings is 2. The lowest BCUT2D eigenvalue weighted by Gasteiger charge is -2.31. The van der Waals surface area contributed by atoms with E-state index in [9.17, 15) is 13.2 Å². The Morgan fingerprint density at radius 3 is 2.14 bits per heavy atom. The van der Waals surface area contributed by atoms with Gasteiger partial charge in [-0.15, -0.1) is 0 Å². The van der Waals surface area contributed by atoms with E-state index in [4.69, 9.17) is 11.1 Å². The van der Waals surface area contributed by atoms with Crippen molar-refractivity contribution in [3.8, 4) is 11.1 Å². The van der Waals surface area contributed by atoms with Gasteiger partial charge in [0, 0.05) is 37.8 Å². The van der Waals surface area contributed by atoms with E-state index in [0.29, 0.717) is 36.5 Å². The van der Waals surface area contributed by atoms with Crippen LogP contribution in [0.3, 0.4) is 0 Å². The molecule has 2 aliphatic rings. The van der Waals surface area contributed by atoms with Crippen LogP contribution >= 0.6 is 0 Å². The second-order valence-corrected chi connectivity index (χ2v) is 11.6.